The molecule has 0 bridgehead atoms. The van der Waals surface area contributed by atoms with E-state index in [0.717, 1.165) is 5.01 Å². The van der Waals surface area contributed by atoms with Crippen LogP contribution >= 0.6 is 34.5 Å². The number of amides is 2. The number of hydrogen-bond donors (Lipinski definition) is 2. The lowest BCUT2D eigenvalue weighted by Gasteiger charge is -2.07. The zero-order valence-corrected chi connectivity index (χ0v) is 17.3. The summed E-state index contributed by atoms with van der Waals surface area (Å²) in [7, 11) is 0. The molecule has 0 atom stereocenters. The Morgan fingerprint density at radius 1 is 0.893 bits per heavy atom. The van der Waals surface area contributed by atoms with E-state index in [9.17, 15) is 9.59 Å². The monoisotopic (exact) mass is 434 g/mol. The van der Waals surface area contributed by atoms with Crippen molar-refractivity contribution in [3.63, 3.8) is 0 Å². The van der Waals surface area contributed by atoms with Crippen LogP contribution in [-0.2, 0) is 0 Å². The van der Waals surface area contributed by atoms with Crippen LogP contribution in [0.3, 0.4) is 0 Å². The van der Waals surface area contributed by atoms with Crippen LogP contribution in [0.15, 0.2) is 42.5 Å². The highest BCUT2D eigenvalue weighted by molar-refractivity contribution is 7.15. The van der Waals surface area contributed by atoms with Crippen molar-refractivity contribution in [1.29, 1.82) is 0 Å². The van der Waals surface area contributed by atoms with Crippen LogP contribution in [0.5, 0.6) is 0 Å². The number of carbonyl (C=O) groups excluding carboxylic acids is 2. The third-order valence-electron chi connectivity index (χ3n) is 3.68. The summed E-state index contributed by atoms with van der Waals surface area (Å²) >= 11 is 13.2. The van der Waals surface area contributed by atoms with Crippen molar-refractivity contribution in [1.82, 2.24) is 10.2 Å². The van der Waals surface area contributed by atoms with Crippen LogP contribution < -0.4 is 10.6 Å². The van der Waals surface area contributed by atoms with E-state index in [-0.39, 0.29) is 17.7 Å². The number of nitrogens with zero attached hydrogens (tertiary/aromatic N) is 2. The second-order valence-electron chi connectivity index (χ2n) is 6.24. The van der Waals surface area contributed by atoms with E-state index in [2.05, 4.69) is 20.8 Å². The van der Waals surface area contributed by atoms with Crippen LogP contribution in [-0.4, -0.2) is 22.0 Å². The molecule has 9 heteroatoms. The van der Waals surface area contributed by atoms with Gasteiger partial charge in [0.2, 0.25) is 5.13 Å². The molecule has 0 aliphatic heterocycles. The molecule has 144 valence electrons. The summed E-state index contributed by atoms with van der Waals surface area (Å²) in [5.41, 5.74) is 1.32. The fourth-order valence-corrected chi connectivity index (χ4v) is 3.55. The van der Waals surface area contributed by atoms with Gasteiger partial charge < -0.3 is 5.32 Å². The van der Waals surface area contributed by atoms with E-state index in [1.54, 1.807) is 30.3 Å². The summed E-state index contributed by atoms with van der Waals surface area (Å²) in [6.07, 6.45) is 0. The fourth-order valence-electron chi connectivity index (χ4n) is 2.28. The van der Waals surface area contributed by atoms with Gasteiger partial charge in [-0.3, -0.25) is 14.9 Å². The predicted molar refractivity (Wildman–Crippen MR) is 113 cm³/mol. The summed E-state index contributed by atoms with van der Waals surface area (Å²) < 4.78 is 0. The minimum absolute atomic E-state index is 0.250. The molecule has 0 radical (unpaired) electrons. The van der Waals surface area contributed by atoms with Crippen LogP contribution in [0.2, 0.25) is 10.0 Å². The Kier molecular flexibility index (Phi) is 6.28. The van der Waals surface area contributed by atoms with Gasteiger partial charge in [-0.15, -0.1) is 10.2 Å². The number of carbonyl (C=O) groups is 2. The highest BCUT2D eigenvalue weighted by atomic mass is 35.5. The van der Waals surface area contributed by atoms with Gasteiger partial charge in [0.25, 0.3) is 11.8 Å². The molecule has 3 rings (SSSR count). The molecule has 6 nitrogen and oxygen atoms in total. The Bertz CT molecular complexity index is 999. The molecule has 28 heavy (non-hydrogen) atoms. The Hall–Kier alpha value is -2.48. The van der Waals surface area contributed by atoms with E-state index < -0.39 is 0 Å². The van der Waals surface area contributed by atoms with Crippen molar-refractivity contribution in [2.45, 2.75) is 19.8 Å². The zero-order valence-electron chi connectivity index (χ0n) is 15.0. The van der Waals surface area contributed by atoms with Crippen LogP contribution in [0.4, 0.5) is 10.8 Å². The Morgan fingerprint density at radius 3 is 2.07 bits per heavy atom. The molecule has 0 unspecified atom stereocenters. The zero-order chi connectivity index (χ0) is 20.3. The van der Waals surface area contributed by atoms with Crippen molar-refractivity contribution in [2.75, 3.05) is 10.6 Å². The second-order valence-corrected chi connectivity index (χ2v) is 8.13. The molecule has 0 fully saturated rings. The lowest BCUT2D eigenvalue weighted by Crippen LogP contribution is -2.13. The first-order chi connectivity index (χ1) is 13.3. The standard InChI is InChI=1S/C19H16Cl2N4O2S/c1-10(2)18-24-25-19(28-18)23-16(26)11-3-5-15(6-4-11)22-17(27)12-7-13(20)9-14(21)8-12/h3-10H,1-2H3,(H,22,27)(H,23,25,26). The Balaban J connectivity index is 1.65. The third-order valence-corrected chi connectivity index (χ3v) is 5.26. The molecular weight excluding hydrogens is 419 g/mol. The molecule has 0 aliphatic carbocycles. The van der Waals surface area contributed by atoms with Gasteiger partial charge in [-0.2, -0.15) is 0 Å². The third kappa shape index (κ3) is 5.07. The average molecular weight is 435 g/mol. The van der Waals surface area contributed by atoms with Gasteiger partial charge in [0.1, 0.15) is 5.01 Å². The molecule has 3 aromatic rings. The second kappa shape index (κ2) is 8.68. The van der Waals surface area contributed by atoms with Gasteiger partial charge in [-0.1, -0.05) is 48.4 Å². The van der Waals surface area contributed by atoms with E-state index in [1.165, 1.54) is 23.5 Å². The van der Waals surface area contributed by atoms with E-state index in [4.69, 9.17) is 23.2 Å². The van der Waals surface area contributed by atoms with Gasteiger partial charge in [-0.25, -0.2) is 0 Å². The SMILES string of the molecule is CC(C)c1nnc(NC(=O)c2ccc(NC(=O)c3cc(Cl)cc(Cl)c3)cc2)s1. The van der Waals surface area contributed by atoms with E-state index in [1.807, 2.05) is 13.8 Å². The average Bonchev–Trinajstić information content (AvgIpc) is 3.10. The van der Waals surface area contributed by atoms with Crippen molar-refractivity contribution in [3.8, 4) is 0 Å². The number of aromatic nitrogens is 2. The fraction of sp³-hybridized carbons (Fsp3) is 0.158. The lowest BCUT2D eigenvalue weighted by atomic mass is 10.1. The maximum atomic E-state index is 12.3. The number of halogens is 2. The first-order valence-electron chi connectivity index (χ1n) is 8.34. The number of anilines is 2. The lowest BCUT2D eigenvalue weighted by molar-refractivity contribution is 0.102. The molecule has 1 heterocycles. The van der Waals surface area contributed by atoms with Crippen LogP contribution in [0.1, 0.15) is 45.5 Å². The van der Waals surface area contributed by atoms with Crippen molar-refractivity contribution in [3.05, 3.63) is 68.6 Å². The Morgan fingerprint density at radius 2 is 1.50 bits per heavy atom. The molecule has 0 saturated carbocycles. The first kappa shape index (κ1) is 20.3. The molecule has 2 aromatic carbocycles. The topological polar surface area (TPSA) is 84.0 Å². The Labute approximate surface area is 175 Å². The molecule has 1 aromatic heterocycles. The summed E-state index contributed by atoms with van der Waals surface area (Å²) in [4.78, 5) is 24.6. The van der Waals surface area contributed by atoms with Crippen molar-refractivity contribution in [2.24, 2.45) is 0 Å². The van der Waals surface area contributed by atoms with Gasteiger partial charge in [-0.05, 0) is 42.5 Å². The number of rotatable bonds is 5. The maximum absolute atomic E-state index is 12.3. The van der Waals surface area contributed by atoms with Crippen molar-refractivity contribution >= 4 is 57.2 Å². The van der Waals surface area contributed by atoms with Crippen LogP contribution in [0, 0.1) is 0 Å². The molecule has 0 spiro atoms. The van der Waals surface area contributed by atoms with Gasteiger partial charge in [0.15, 0.2) is 0 Å². The summed E-state index contributed by atoms with van der Waals surface area (Å²) in [6, 6.07) is 11.1. The van der Waals surface area contributed by atoms with Crippen molar-refractivity contribution < 1.29 is 9.59 Å². The van der Waals surface area contributed by atoms with Gasteiger partial charge >= 0.3 is 0 Å². The number of nitrogens with one attached hydrogen (secondary N) is 2. The molecule has 2 N–H and O–H groups in total. The van der Waals surface area contributed by atoms with E-state index in [0.29, 0.717) is 32.0 Å². The molecule has 2 amide bonds. The minimum atomic E-state index is -0.350. The minimum Gasteiger partial charge on any atom is -0.322 e. The first-order valence-corrected chi connectivity index (χ1v) is 9.91. The smallest absolute Gasteiger partial charge is 0.257 e. The number of hydrogen-bond acceptors (Lipinski definition) is 5. The summed E-state index contributed by atoms with van der Waals surface area (Å²) in [6.45, 7) is 4.02. The van der Waals surface area contributed by atoms with Gasteiger partial charge in [0, 0.05) is 32.8 Å². The molecular formula is C19H16Cl2N4O2S. The summed E-state index contributed by atoms with van der Waals surface area (Å²) in [5.74, 6) is -0.400. The number of benzene rings is 2. The highest BCUT2D eigenvalue weighted by Crippen LogP contribution is 2.23. The van der Waals surface area contributed by atoms with Crippen LogP contribution in [0.25, 0.3) is 0 Å². The van der Waals surface area contributed by atoms with E-state index >= 15 is 0 Å². The normalized spacial score (nSPS) is 10.8. The van der Waals surface area contributed by atoms with Gasteiger partial charge in [0.05, 0.1) is 0 Å². The predicted octanol–water partition coefficient (Wildman–Crippen LogP) is 5.47. The molecule has 0 saturated heterocycles. The summed E-state index contributed by atoms with van der Waals surface area (Å²) in [5, 5.41) is 15.5. The highest BCUT2D eigenvalue weighted by Gasteiger charge is 2.13. The molecule has 0 aliphatic rings. The maximum Gasteiger partial charge on any atom is 0.257 e. The quantitative estimate of drug-likeness (QED) is 0.557. The largest absolute Gasteiger partial charge is 0.322 e.